The molecular formula is C15H22N2OS. The molecule has 3 nitrogen and oxygen atoms in total. The lowest BCUT2D eigenvalue weighted by atomic mass is 10.0. The van der Waals surface area contributed by atoms with Gasteiger partial charge in [-0.15, -0.1) is 12.6 Å². The van der Waals surface area contributed by atoms with Crippen LogP contribution >= 0.6 is 12.6 Å². The van der Waals surface area contributed by atoms with E-state index in [1.54, 1.807) is 0 Å². The summed E-state index contributed by atoms with van der Waals surface area (Å²) in [6.07, 6.45) is 2.23. The van der Waals surface area contributed by atoms with Crippen LogP contribution in [0.2, 0.25) is 0 Å². The van der Waals surface area contributed by atoms with E-state index in [9.17, 15) is 4.79 Å². The van der Waals surface area contributed by atoms with Crippen LogP contribution in [0.15, 0.2) is 23.1 Å². The molecule has 0 bridgehead atoms. The van der Waals surface area contributed by atoms with Crippen molar-refractivity contribution in [3.8, 4) is 0 Å². The maximum Gasteiger partial charge on any atom is 0.251 e. The predicted octanol–water partition coefficient (Wildman–Crippen LogP) is 2.50. The van der Waals surface area contributed by atoms with Crippen molar-refractivity contribution in [2.45, 2.75) is 37.6 Å². The summed E-state index contributed by atoms with van der Waals surface area (Å²) in [6, 6.07) is 5.96. The minimum atomic E-state index is 0.0244. The second-order valence-electron chi connectivity index (χ2n) is 5.21. The van der Waals surface area contributed by atoms with Crippen molar-refractivity contribution in [1.29, 1.82) is 0 Å². The minimum absolute atomic E-state index is 0.0244. The summed E-state index contributed by atoms with van der Waals surface area (Å²) < 4.78 is 0. The number of rotatable bonds is 3. The predicted molar refractivity (Wildman–Crippen MR) is 81.0 cm³/mol. The monoisotopic (exact) mass is 278 g/mol. The molecule has 19 heavy (non-hydrogen) atoms. The quantitative estimate of drug-likeness (QED) is 0.833. The Hall–Kier alpha value is -1.00. The van der Waals surface area contributed by atoms with Gasteiger partial charge in [0.05, 0.1) is 0 Å². The van der Waals surface area contributed by atoms with Gasteiger partial charge in [0.25, 0.3) is 5.91 Å². The molecule has 1 aromatic carbocycles. The van der Waals surface area contributed by atoms with Crippen LogP contribution in [0.5, 0.6) is 0 Å². The highest BCUT2D eigenvalue weighted by atomic mass is 32.1. The maximum atomic E-state index is 12.3. The Bertz CT molecular complexity index is 461. The van der Waals surface area contributed by atoms with Crippen LogP contribution in [0.1, 0.15) is 35.7 Å². The lowest BCUT2D eigenvalue weighted by Gasteiger charge is -2.32. The van der Waals surface area contributed by atoms with Crippen molar-refractivity contribution in [2.75, 3.05) is 19.6 Å². The number of nitrogens with zero attached hydrogens (tertiary/aromatic N) is 1. The third kappa shape index (κ3) is 3.74. The molecule has 1 heterocycles. The second-order valence-corrected chi connectivity index (χ2v) is 5.72. The minimum Gasteiger partial charge on any atom is -0.348 e. The molecular weight excluding hydrogens is 256 g/mol. The van der Waals surface area contributed by atoms with Gasteiger partial charge in [-0.2, -0.15) is 0 Å². The van der Waals surface area contributed by atoms with Gasteiger partial charge in [-0.3, -0.25) is 4.79 Å². The summed E-state index contributed by atoms with van der Waals surface area (Å²) >= 11 is 4.30. The normalized spacial score (nSPS) is 20.3. The largest absolute Gasteiger partial charge is 0.348 e. The van der Waals surface area contributed by atoms with Crippen molar-refractivity contribution in [1.82, 2.24) is 10.2 Å². The number of amides is 1. The molecule has 1 N–H and O–H groups in total. The van der Waals surface area contributed by atoms with Crippen molar-refractivity contribution < 1.29 is 4.79 Å². The average molecular weight is 278 g/mol. The highest BCUT2D eigenvalue weighted by molar-refractivity contribution is 7.80. The Labute approximate surface area is 120 Å². The number of carbonyl (C=O) groups excluding carboxylic acids is 1. The molecule has 2 rings (SSSR count). The van der Waals surface area contributed by atoms with E-state index in [1.807, 2.05) is 25.1 Å². The van der Waals surface area contributed by atoms with Gasteiger partial charge in [-0.1, -0.05) is 13.0 Å². The molecule has 1 atom stereocenters. The van der Waals surface area contributed by atoms with Crippen LogP contribution in [-0.2, 0) is 0 Å². The summed E-state index contributed by atoms with van der Waals surface area (Å²) in [7, 11) is 0. The standard InChI is InChI=1S/C15H22N2OS/c1-3-17-8-4-5-12(10-17)16-15(18)14-9-13(19)7-6-11(14)2/h6-7,9,12,19H,3-5,8,10H2,1-2H3,(H,16,18). The van der Waals surface area contributed by atoms with Gasteiger partial charge >= 0.3 is 0 Å². The highest BCUT2D eigenvalue weighted by Crippen LogP contribution is 2.15. The Kier molecular flexibility index (Phi) is 4.88. The Balaban J connectivity index is 2.02. The number of thiol groups is 1. The average Bonchev–Trinajstić information content (AvgIpc) is 2.41. The topological polar surface area (TPSA) is 32.3 Å². The summed E-state index contributed by atoms with van der Waals surface area (Å²) in [5.74, 6) is 0.0244. The van der Waals surface area contributed by atoms with E-state index in [4.69, 9.17) is 0 Å². The van der Waals surface area contributed by atoms with Gasteiger partial charge in [-0.25, -0.2) is 0 Å². The van der Waals surface area contributed by atoms with E-state index in [-0.39, 0.29) is 11.9 Å². The molecule has 1 aliphatic rings. The number of hydrogen-bond donors (Lipinski definition) is 2. The van der Waals surface area contributed by atoms with Gasteiger partial charge in [0.15, 0.2) is 0 Å². The van der Waals surface area contributed by atoms with E-state index in [1.165, 1.54) is 0 Å². The number of piperidine rings is 1. The molecule has 0 spiro atoms. The van der Waals surface area contributed by atoms with E-state index >= 15 is 0 Å². The summed E-state index contributed by atoms with van der Waals surface area (Å²) in [6.45, 7) is 7.29. The first-order valence-electron chi connectivity index (χ1n) is 6.93. The molecule has 0 radical (unpaired) electrons. The Morgan fingerprint density at radius 3 is 3.05 bits per heavy atom. The first-order chi connectivity index (χ1) is 9.10. The van der Waals surface area contributed by atoms with Crippen LogP contribution in [0.3, 0.4) is 0 Å². The van der Waals surface area contributed by atoms with Crippen molar-refractivity contribution in [3.05, 3.63) is 29.3 Å². The lowest BCUT2D eigenvalue weighted by molar-refractivity contribution is 0.0905. The zero-order valence-corrected chi connectivity index (χ0v) is 12.5. The van der Waals surface area contributed by atoms with Crippen LogP contribution < -0.4 is 5.32 Å². The van der Waals surface area contributed by atoms with Crippen LogP contribution in [0.25, 0.3) is 0 Å². The van der Waals surface area contributed by atoms with Crippen LogP contribution in [0, 0.1) is 6.92 Å². The molecule has 1 aliphatic heterocycles. The van der Waals surface area contributed by atoms with Gasteiger partial charge in [0.1, 0.15) is 0 Å². The first-order valence-corrected chi connectivity index (χ1v) is 7.37. The summed E-state index contributed by atoms with van der Waals surface area (Å²) in [5.41, 5.74) is 1.74. The van der Waals surface area contributed by atoms with Crippen LogP contribution in [0.4, 0.5) is 0 Å². The zero-order valence-electron chi connectivity index (χ0n) is 11.6. The molecule has 104 valence electrons. The zero-order chi connectivity index (χ0) is 13.8. The number of aryl methyl sites for hydroxylation is 1. The number of nitrogens with one attached hydrogen (secondary N) is 1. The molecule has 0 saturated carbocycles. The summed E-state index contributed by atoms with van der Waals surface area (Å²) in [4.78, 5) is 15.5. The lowest BCUT2D eigenvalue weighted by Crippen LogP contribution is -2.47. The van der Waals surface area contributed by atoms with Gasteiger partial charge in [0, 0.05) is 23.0 Å². The molecule has 0 aliphatic carbocycles. The number of hydrogen-bond acceptors (Lipinski definition) is 3. The maximum absolute atomic E-state index is 12.3. The first kappa shape index (κ1) is 14.4. The molecule has 0 aromatic heterocycles. The fourth-order valence-corrected chi connectivity index (χ4v) is 2.78. The third-order valence-electron chi connectivity index (χ3n) is 3.75. The van der Waals surface area contributed by atoms with E-state index < -0.39 is 0 Å². The number of carbonyl (C=O) groups is 1. The van der Waals surface area contributed by atoms with E-state index in [0.29, 0.717) is 0 Å². The Morgan fingerprint density at radius 2 is 2.32 bits per heavy atom. The highest BCUT2D eigenvalue weighted by Gasteiger charge is 2.21. The number of benzene rings is 1. The number of likely N-dealkylation sites (tertiary alicyclic amines) is 1. The molecule has 1 aromatic rings. The van der Waals surface area contributed by atoms with E-state index in [0.717, 1.165) is 48.5 Å². The third-order valence-corrected chi connectivity index (χ3v) is 4.03. The molecule has 4 heteroatoms. The van der Waals surface area contributed by atoms with Crippen molar-refractivity contribution in [2.24, 2.45) is 0 Å². The fraction of sp³-hybridized carbons (Fsp3) is 0.533. The van der Waals surface area contributed by atoms with Crippen molar-refractivity contribution >= 4 is 18.5 Å². The SMILES string of the molecule is CCN1CCCC(NC(=O)c2cc(S)ccc2C)C1. The smallest absolute Gasteiger partial charge is 0.251 e. The van der Waals surface area contributed by atoms with Gasteiger partial charge in [-0.05, 0) is 50.6 Å². The van der Waals surface area contributed by atoms with Gasteiger partial charge < -0.3 is 10.2 Å². The fourth-order valence-electron chi connectivity index (χ4n) is 2.58. The molecule has 1 saturated heterocycles. The molecule has 1 fully saturated rings. The van der Waals surface area contributed by atoms with Gasteiger partial charge in [0.2, 0.25) is 0 Å². The van der Waals surface area contributed by atoms with Crippen LogP contribution in [-0.4, -0.2) is 36.5 Å². The molecule has 1 unspecified atom stereocenters. The Morgan fingerprint density at radius 1 is 1.53 bits per heavy atom. The van der Waals surface area contributed by atoms with Crippen molar-refractivity contribution in [3.63, 3.8) is 0 Å². The number of likely N-dealkylation sites (N-methyl/N-ethyl adjacent to an activating group) is 1. The van der Waals surface area contributed by atoms with E-state index in [2.05, 4.69) is 29.8 Å². The summed E-state index contributed by atoms with van der Waals surface area (Å²) in [5, 5.41) is 3.15. The second kappa shape index (κ2) is 6.44. The molecule has 1 amide bonds.